The van der Waals surface area contributed by atoms with E-state index in [4.69, 9.17) is 16.9 Å². The minimum Gasteiger partial charge on any atom is -0.270 e. The van der Waals surface area contributed by atoms with Crippen LogP contribution in [0.15, 0.2) is 53.7 Å². The summed E-state index contributed by atoms with van der Waals surface area (Å²) in [6.45, 7) is 4.32. The number of hydrogen-bond donors (Lipinski definition) is 0. The summed E-state index contributed by atoms with van der Waals surface area (Å²) in [5, 5.41) is 19.0. The molecule has 4 nitrogen and oxygen atoms in total. The maximum atomic E-state index is 8.94. The normalized spacial score (nSPS) is 10.8. The minimum absolute atomic E-state index is 0.322. The Kier molecular flexibility index (Phi) is 5.42. The summed E-state index contributed by atoms with van der Waals surface area (Å²) in [6.07, 6.45) is 0. The number of halogens is 1. The van der Waals surface area contributed by atoms with E-state index in [0.717, 1.165) is 17.1 Å². The quantitative estimate of drug-likeness (QED) is 0.571. The standard InChI is InChI=1S/C19H17ClN4S/c1-13(2)16-5-3-4-6-17(16)24-18(14-7-9-15(20)10-8-14)22-23-19(24)25-12-11-21/h3-10,13H,12H2,1-2H3. The van der Waals surface area contributed by atoms with Crippen LogP contribution in [-0.2, 0) is 0 Å². The van der Waals surface area contributed by atoms with Gasteiger partial charge in [0.2, 0.25) is 0 Å². The first-order valence-corrected chi connectivity index (χ1v) is 9.28. The van der Waals surface area contributed by atoms with Crippen LogP contribution in [0.2, 0.25) is 5.02 Å². The summed E-state index contributed by atoms with van der Waals surface area (Å²) in [7, 11) is 0. The first-order chi connectivity index (χ1) is 12.1. The van der Waals surface area contributed by atoms with E-state index in [9.17, 15) is 0 Å². The van der Waals surface area contributed by atoms with Gasteiger partial charge in [-0.25, -0.2) is 0 Å². The third-order valence-corrected chi connectivity index (χ3v) is 4.85. The largest absolute Gasteiger partial charge is 0.270 e. The van der Waals surface area contributed by atoms with Crippen molar-refractivity contribution in [1.29, 1.82) is 5.26 Å². The fourth-order valence-corrected chi connectivity index (χ4v) is 3.37. The van der Waals surface area contributed by atoms with E-state index in [1.807, 2.05) is 41.0 Å². The molecular weight excluding hydrogens is 352 g/mol. The van der Waals surface area contributed by atoms with Gasteiger partial charge in [-0.2, -0.15) is 5.26 Å². The first kappa shape index (κ1) is 17.5. The minimum atomic E-state index is 0.322. The number of hydrogen-bond acceptors (Lipinski definition) is 4. The molecule has 0 spiro atoms. The van der Waals surface area contributed by atoms with Gasteiger partial charge in [0.1, 0.15) is 0 Å². The molecule has 0 saturated heterocycles. The average Bonchev–Trinajstić information content (AvgIpc) is 3.04. The monoisotopic (exact) mass is 368 g/mol. The van der Waals surface area contributed by atoms with Gasteiger partial charge in [0.15, 0.2) is 11.0 Å². The molecule has 3 rings (SSSR count). The summed E-state index contributed by atoms with van der Waals surface area (Å²) in [4.78, 5) is 0. The smallest absolute Gasteiger partial charge is 0.197 e. The molecule has 6 heteroatoms. The zero-order valence-corrected chi connectivity index (χ0v) is 15.6. The molecule has 3 aromatic rings. The number of benzene rings is 2. The lowest BCUT2D eigenvalue weighted by Gasteiger charge is -2.16. The van der Waals surface area contributed by atoms with Crippen LogP contribution in [0.25, 0.3) is 17.1 Å². The Morgan fingerprint density at radius 1 is 1.12 bits per heavy atom. The summed E-state index contributed by atoms with van der Waals surface area (Å²) < 4.78 is 2.03. The highest BCUT2D eigenvalue weighted by Crippen LogP contribution is 2.32. The third-order valence-electron chi connectivity index (χ3n) is 3.80. The molecule has 0 amide bonds. The van der Waals surface area contributed by atoms with Crippen LogP contribution in [0.3, 0.4) is 0 Å². The molecule has 25 heavy (non-hydrogen) atoms. The van der Waals surface area contributed by atoms with Crippen LogP contribution in [0.5, 0.6) is 0 Å². The Balaban J connectivity index is 2.21. The number of nitriles is 1. The van der Waals surface area contributed by atoms with Gasteiger partial charge >= 0.3 is 0 Å². The van der Waals surface area contributed by atoms with Crippen molar-refractivity contribution in [3.8, 4) is 23.1 Å². The van der Waals surface area contributed by atoms with Gasteiger partial charge in [-0.1, -0.05) is 55.4 Å². The molecule has 0 bridgehead atoms. The molecule has 0 aliphatic heterocycles. The van der Waals surface area contributed by atoms with Crippen molar-refractivity contribution in [2.75, 3.05) is 5.75 Å². The predicted octanol–water partition coefficient (Wildman–Crippen LogP) is 5.33. The Bertz CT molecular complexity index is 910. The average molecular weight is 369 g/mol. The second-order valence-electron chi connectivity index (χ2n) is 5.81. The van der Waals surface area contributed by atoms with Gasteiger partial charge in [0.05, 0.1) is 17.5 Å². The fourth-order valence-electron chi connectivity index (χ4n) is 2.64. The van der Waals surface area contributed by atoms with Crippen molar-refractivity contribution in [3.05, 3.63) is 59.1 Å². The molecule has 0 saturated carbocycles. The van der Waals surface area contributed by atoms with E-state index < -0.39 is 0 Å². The highest BCUT2D eigenvalue weighted by atomic mass is 35.5. The van der Waals surface area contributed by atoms with Crippen LogP contribution < -0.4 is 0 Å². The fraction of sp³-hybridized carbons (Fsp3) is 0.211. The number of thioether (sulfide) groups is 1. The molecule has 0 aliphatic rings. The van der Waals surface area contributed by atoms with E-state index in [1.165, 1.54) is 17.3 Å². The molecule has 0 atom stereocenters. The maximum Gasteiger partial charge on any atom is 0.197 e. The van der Waals surface area contributed by atoms with Gasteiger partial charge in [-0.3, -0.25) is 4.57 Å². The Morgan fingerprint density at radius 3 is 2.52 bits per heavy atom. The van der Waals surface area contributed by atoms with E-state index in [1.54, 1.807) is 0 Å². The van der Waals surface area contributed by atoms with Crippen LogP contribution in [0.4, 0.5) is 0 Å². The van der Waals surface area contributed by atoms with Gasteiger partial charge in [-0.15, -0.1) is 10.2 Å². The van der Waals surface area contributed by atoms with Crippen molar-refractivity contribution in [3.63, 3.8) is 0 Å². The van der Waals surface area contributed by atoms with Crippen molar-refractivity contribution in [2.45, 2.75) is 24.9 Å². The van der Waals surface area contributed by atoms with E-state index in [0.29, 0.717) is 21.8 Å². The van der Waals surface area contributed by atoms with Gasteiger partial charge < -0.3 is 0 Å². The second kappa shape index (κ2) is 7.73. The van der Waals surface area contributed by atoms with E-state index in [-0.39, 0.29) is 0 Å². The predicted molar refractivity (Wildman–Crippen MR) is 102 cm³/mol. The van der Waals surface area contributed by atoms with Crippen molar-refractivity contribution in [2.24, 2.45) is 0 Å². The first-order valence-electron chi connectivity index (χ1n) is 7.92. The van der Waals surface area contributed by atoms with Crippen LogP contribution in [0, 0.1) is 11.3 Å². The van der Waals surface area contributed by atoms with Crippen molar-refractivity contribution < 1.29 is 0 Å². The molecule has 0 aliphatic carbocycles. The number of nitrogens with zero attached hydrogens (tertiary/aromatic N) is 4. The molecule has 1 heterocycles. The Morgan fingerprint density at radius 2 is 1.84 bits per heavy atom. The molecule has 0 fully saturated rings. The number of rotatable bonds is 5. The zero-order valence-electron chi connectivity index (χ0n) is 14.0. The highest BCUT2D eigenvalue weighted by Gasteiger charge is 2.19. The lowest BCUT2D eigenvalue weighted by molar-refractivity contribution is 0.819. The van der Waals surface area contributed by atoms with Gasteiger partial charge in [0, 0.05) is 10.6 Å². The van der Waals surface area contributed by atoms with Crippen LogP contribution in [0.1, 0.15) is 25.3 Å². The topological polar surface area (TPSA) is 54.5 Å². The molecular formula is C19H17ClN4S. The molecule has 0 N–H and O–H groups in total. The number of para-hydroxylation sites is 1. The summed E-state index contributed by atoms with van der Waals surface area (Å²) in [5.41, 5.74) is 3.17. The van der Waals surface area contributed by atoms with Crippen LogP contribution in [-0.4, -0.2) is 20.5 Å². The van der Waals surface area contributed by atoms with Crippen molar-refractivity contribution >= 4 is 23.4 Å². The lowest BCUT2D eigenvalue weighted by atomic mass is 10.0. The molecule has 1 aromatic heterocycles. The molecule has 0 unspecified atom stereocenters. The summed E-state index contributed by atoms with van der Waals surface area (Å²) >= 11 is 7.40. The molecule has 126 valence electrons. The van der Waals surface area contributed by atoms with Gasteiger partial charge in [0.25, 0.3) is 0 Å². The van der Waals surface area contributed by atoms with Crippen LogP contribution >= 0.6 is 23.4 Å². The summed E-state index contributed by atoms with van der Waals surface area (Å²) in [6, 6.07) is 17.9. The van der Waals surface area contributed by atoms with Crippen molar-refractivity contribution in [1.82, 2.24) is 14.8 Å². The lowest BCUT2D eigenvalue weighted by Crippen LogP contribution is -2.04. The number of aromatic nitrogens is 3. The highest BCUT2D eigenvalue weighted by molar-refractivity contribution is 7.99. The van der Waals surface area contributed by atoms with Gasteiger partial charge in [-0.05, 0) is 41.8 Å². The van der Waals surface area contributed by atoms with E-state index >= 15 is 0 Å². The Labute approximate surface area is 156 Å². The van der Waals surface area contributed by atoms with E-state index in [2.05, 4.69) is 42.2 Å². The molecule has 0 radical (unpaired) electrons. The zero-order chi connectivity index (χ0) is 17.8. The second-order valence-corrected chi connectivity index (χ2v) is 7.19. The summed E-state index contributed by atoms with van der Waals surface area (Å²) in [5.74, 6) is 1.42. The molecule has 2 aromatic carbocycles. The third kappa shape index (κ3) is 3.71. The Hall–Kier alpha value is -2.29. The maximum absolute atomic E-state index is 8.94. The SMILES string of the molecule is CC(C)c1ccccc1-n1c(SCC#N)nnc1-c1ccc(Cl)cc1.